The summed E-state index contributed by atoms with van der Waals surface area (Å²) in [6, 6.07) is 14.6. The quantitative estimate of drug-likeness (QED) is 0.509. The maximum atomic E-state index is 12.2. The highest BCUT2D eigenvalue weighted by atomic mass is 16.2. The molecule has 5 heteroatoms. The fourth-order valence-corrected chi connectivity index (χ4v) is 4.62. The topological polar surface area (TPSA) is 52.2 Å². The monoisotopic (exact) mass is 424 g/mol. The summed E-state index contributed by atoms with van der Waals surface area (Å²) in [5, 5.41) is 1.09. The maximum Gasteiger partial charge on any atom is 0.253 e. The largest absolute Gasteiger partial charge is 0.346 e. The van der Waals surface area contributed by atoms with E-state index in [9.17, 15) is 4.79 Å². The van der Waals surface area contributed by atoms with E-state index in [1.165, 1.54) is 22.3 Å². The molecule has 0 unspecified atom stereocenters. The van der Waals surface area contributed by atoms with E-state index in [0.717, 1.165) is 47.2 Å². The first-order chi connectivity index (χ1) is 15.4. The molecular weight excluding hydrogens is 396 g/mol. The number of H-pyrrole nitrogens is 1. The molecule has 0 atom stereocenters. The van der Waals surface area contributed by atoms with Crippen LogP contribution in [0.15, 0.2) is 54.9 Å². The van der Waals surface area contributed by atoms with Gasteiger partial charge in [0.1, 0.15) is 5.65 Å². The molecule has 1 amide bonds. The van der Waals surface area contributed by atoms with E-state index in [4.69, 9.17) is 4.98 Å². The number of hydrogen-bond acceptors (Lipinski definition) is 3. The zero-order valence-electron chi connectivity index (χ0n) is 19.1. The number of rotatable bonds is 3. The van der Waals surface area contributed by atoms with Crippen LogP contribution in [0.2, 0.25) is 0 Å². The van der Waals surface area contributed by atoms with Crippen LogP contribution >= 0.6 is 0 Å². The molecular formula is C27H28N4O. The van der Waals surface area contributed by atoms with Crippen LogP contribution in [0.3, 0.4) is 0 Å². The Hall–Kier alpha value is -3.44. The second-order valence-corrected chi connectivity index (χ2v) is 9.02. The predicted molar refractivity (Wildman–Crippen MR) is 130 cm³/mol. The number of aromatic nitrogens is 2. The molecule has 3 heterocycles. The minimum atomic E-state index is 0.00778. The SMILES string of the molecule is Cc1cc(-c2cnc3[nH]cc(-c4ccc(C(=O)N(C)C)cc4)c3c2)cc2c1CN(C)CC2. The molecule has 4 aromatic rings. The molecule has 0 fully saturated rings. The third kappa shape index (κ3) is 3.59. The van der Waals surface area contributed by atoms with Gasteiger partial charge < -0.3 is 14.8 Å². The summed E-state index contributed by atoms with van der Waals surface area (Å²) in [5.41, 5.74) is 10.3. The molecule has 32 heavy (non-hydrogen) atoms. The van der Waals surface area contributed by atoms with Crippen molar-refractivity contribution in [3.63, 3.8) is 0 Å². The number of aromatic amines is 1. The lowest BCUT2D eigenvalue weighted by molar-refractivity contribution is 0.0827. The Bertz CT molecular complexity index is 1320. The Morgan fingerprint density at radius 3 is 2.59 bits per heavy atom. The molecule has 5 rings (SSSR count). The summed E-state index contributed by atoms with van der Waals surface area (Å²) >= 11 is 0. The zero-order valence-corrected chi connectivity index (χ0v) is 19.1. The number of likely N-dealkylation sites (N-methyl/N-ethyl adjacent to an activating group) is 1. The second-order valence-electron chi connectivity index (χ2n) is 9.02. The third-order valence-corrected chi connectivity index (χ3v) is 6.47. The Morgan fingerprint density at radius 2 is 1.84 bits per heavy atom. The number of hydrogen-bond donors (Lipinski definition) is 1. The summed E-state index contributed by atoms with van der Waals surface area (Å²) in [7, 11) is 5.72. The third-order valence-electron chi connectivity index (χ3n) is 6.47. The van der Waals surface area contributed by atoms with Gasteiger partial charge in [-0.05, 0) is 66.4 Å². The number of carbonyl (C=O) groups is 1. The first kappa shape index (κ1) is 20.5. The number of nitrogens with one attached hydrogen (secondary N) is 1. The highest BCUT2D eigenvalue weighted by molar-refractivity contribution is 5.98. The fraction of sp³-hybridized carbons (Fsp3) is 0.259. The molecule has 1 N–H and O–H groups in total. The van der Waals surface area contributed by atoms with Gasteiger partial charge in [0.2, 0.25) is 0 Å². The van der Waals surface area contributed by atoms with Gasteiger partial charge in [-0.1, -0.05) is 24.3 Å². The molecule has 0 saturated carbocycles. The van der Waals surface area contributed by atoms with Gasteiger partial charge in [0.15, 0.2) is 0 Å². The van der Waals surface area contributed by atoms with E-state index in [0.29, 0.717) is 5.56 Å². The molecule has 0 aliphatic carbocycles. The highest BCUT2D eigenvalue weighted by Crippen LogP contribution is 2.33. The van der Waals surface area contributed by atoms with E-state index < -0.39 is 0 Å². The van der Waals surface area contributed by atoms with E-state index in [2.05, 4.69) is 42.1 Å². The number of nitrogens with zero attached hydrogens (tertiary/aromatic N) is 3. The number of amides is 1. The van der Waals surface area contributed by atoms with Gasteiger partial charge in [0.25, 0.3) is 5.91 Å². The van der Waals surface area contributed by atoms with E-state index in [1.54, 1.807) is 19.0 Å². The van der Waals surface area contributed by atoms with Gasteiger partial charge in [0.05, 0.1) is 0 Å². The minimum absolute atomic E-state index is 0.00778. The summed E-state index contributed by atoms with van der Waals surface area (Å²) in [4.78, 5) is 24.2. The smallest absolute Gasteiger partial charge is 0.253 e. The van der Waals surface area contributed by atoms with E-state index in [1.807, 2.05) is 36.7 Å². The first-order valence-corrected chi connectivity index (χ1v) is 11.0. The van der Waals surface area contributed by atoms with Crippen molar-refractivity contribution in [1.29, 1.82) is 0 Å². The van der Waals surface area contributed by atoms with Crippen LogP contribution in [0.25, 0.3) is 33.3 Å². The van der Waals surface area contributed by atoms with Crippen molar-refractivity contribution in [2.75, 3.05) is 27.7 Å². The van der Waals surface area contributed by atoms with Crippen molar-refractivity contribution in [2.24, 2.45) is 0 Å². The Kier molecular flexibility index (Phi) is 5.06. The normalized spacial score (nSPS) is 13.9. The molecule has 2 aromatic carbocycles. The van der Waals surface area contributed by atoms with Crippen molar-refractivity contribution in [2.45, 2.75) is 19.9 Å². The van der Waals surface area contributed by atoms with Crippen LogP contribution in [0, 0.1) is 6.92 Å². The lowest BCUT2D eigenvalue weighted by atomic mass is 9.91. The van der Waals surface area contributed by atoms with Gasteiger partial charge in [-0.3, -0.25) is 4.79 Å². The van der Waals surface area contributed by atoms with Crippen molar-refractivity contribution in [1.82, 2.24) is 19.8 Å². The van der Waals surface area contributed by atoms with Crippen LogP contribution in [-0.2, 0) is 13.0 Å². The van der Waals surface area contributed by atoms with E-state index in [-0.39, 0.29) is 5.91 Å². The van der Waals surface area contributed by atoms with E-state index >= 15 is 0 Å². The van der Waals surface area contributed by atoms with Gasteiger partial charge in [-0.2, -0.15) is 0 Å². The maximum absolute atomic E-state index is 12.2. The van der Waals surface area contributed by atoms with Crippen molar-refractivity contribution in [3.05, 3.63) is 77.1 Å². The lowest BCUT2D eigenvalue weighted by Crippen LogP contribution is -2.27. The van der Waals surface area contributed by atoms with Crippen LogP contribution in [0.4, 0.5) is 0 Å². The summed E-state index contributed by atoms with van der Waals surface area (Å²) in [6.07, 6.45) is 5.04. The zero-order chi connectivity index (χ0) is 22.4. The van der Waals surface area contributed by atoms with Crippen LogP contribution < -0.4 is 0 Å². The molecule has 5 nitrogen and oxygen atoms in total. The van der Waals surface area contributed by atoms with Crippen LogP contribution in [0.5, 0.6) is 0 Å². The van der Waals surface area contributed by atoms with Gasteiger partial charge >= 0.3 is 0 Å². The van der Waals surface area contributed by atoms with Gasteiger partial charge in [-0.15, -0.1) is 0 Å². The average molecular weight is 425 g/mol. The molecule has 1 aliphatic heterocycles. The number of pyridine rings is 1. The van der Waals surface area contributed by atoms with Crippen molar-refractivity contribution in [3.8, 4) is 22.3 Å². The molecule has 162 valence electrons. The van der Waals surface area contributed by atoms with Crippen LogP contribution in [-0.4, -0.2) is 53.4 Å². The van der Waals surface area contributed by atoms with Crippen molar-refractivity contribution < 1.29 is 4.79 Å². The van der Waals surface area contributed by atoms with Gasteiger partial charge in [-0.25, -0.2) is 4.98 Å². The summed E-state index contributed by atoms with van der Waals surface area (Å²) < 4.78 is 0. The Morgan fingerprint density at radius 1 is 1.06 bits per heavy atom. The molecule has 0 radical (unpaired) electrons. The number of carbonyl (C=O) groups excluding carboxylic acids is 1. The molecule has 1 aliphatic rings. The molecule has 2 aromatic heterocycles. The fourth-order valence-electron chi connectivity index (χ4n) is 4.62. The van der Waals surface area contributed by atoms with Crippen LogP contribution in [0.1, 0.15) is 27.0 Å². The summed E-state index contributed by atoms with van der Waals surface area (Å²) in [5.74, 6) is 0.00778. The Labute approximate surface area is 188 Å². The predicted octanol–water partition coefficient (Wildman–Crippen LogP) is 4.90. The average Bonchev–Trinajstić information content (AvgIpc) is 3.22. The summed E-state index contributed by atoms with van der Waals surface area (Å²) in [6.45, 7) is 4.33. The highest BCUT2D eigenvalue weighted by Gasteiger charge is 2.17. The molecule has 0 spiro atoms. The number of benzene rings is 2. The lowest BCUT2D eigenvalue weighted by Gasteiger charge is -2.27. The molecule has 0 saturated heterocycles. The van der Waals surface area contributed by atoms with Gasteiger partial charge in [0, 0.05) is 61.7 Å². The minimum Gasteiger partial charge on any atom is -0.346 e. The first-order valence-electron chi connectivity index (χ1n) is 11.0. The standard InChI is InChI=1S/C27H28N4O/c1-17-11-21(12-20-9-10-31(4)16-25(17)20)22-13-23-24(15-29-26(23)28-14-22)18-5-7-19(8-6-18)27(32)30(2)3/h5-8,11-15H,9-10,16H2,1-4H3,(H,28,29). The molecule has 0 bridgehead atoms. The Balaban J connectivity index is 1.54. The second kappa shape index (κ2) is 7.92. The van der Waals surface area contributed by atoms with Crippen molar-refractivity contribution >= 4 is 16.9 Å². The number of fused-ring (bicyclic) bond motifs is 2. The number of aryl methyl sites for hydroxylation is 1.